The molecule has 6 heteroatoms. The number of fused-ring (bicyclic) bond motifs is 1. The standard InChI is InChI=1S/C24H21Cl2N3O/c25-18-7-4-15(5-8-18)16-10-12-29(13-11-16)19-9-6-17(14-19)23-27-22-20(24(30)28-23)2-1-3-21(22)26/h1-5,7-8,10,14,19H,6,9,11-13H2,(H,27,28,30). The third-order valence-corrected chi connectivity index (χ3v) is 6.58. The topological polar surface area (TPSA) is 49.0 Å². The van der Waals surface area contributed by atoms with Crippen LogP contribution in [0.3, 0.4) is 0 Å². The maximum absolute atomic E-state index is 12.5. The summed E-state index contributed by atoms with van der Waals surface area (Å²) in [5.74, 6) is 0.637. The average molecular weight is 438 g/mol. The summed E-state index contributed by atoms with van der Waals surface area (Å²) < 4.78 is 0. The summed E-state index contributed by atoms with van der Waals surface area (Å²) in [7, 11) is 0. The fourth-order valence-electron chi connectivity index (χ4n) is 4.38. The van der Waals surface area contributed by atoms with E-state index in [0.29, 0.717) is 27.8 Å². The summed E-state index contributed by atoms with van der Waals surface area (Å²) in [6, 6.07) is 13.7. The van der Waals surface area contributed by atoms with Crippen molar-refractivity contribution in [3.05, 3.63) is 86.4 Å². The largest absolute Gasteiger partial charge is 0.306 e. The Labute approximate surface area is 184 Å². The summed E-state index contributed by atoms with van der Waals surface area (Å²) in [5.41, 5.74) is 4.13. The molecular weight excluding hydrogens is 417 g/mol. The molecule has 0 radical (unpaired) electrons. The highest BCUT2D eigenvalue weighted by Crippen LogP contribution is 2.32. The first-order valence-corrected chi connectivity index (χ1v) is 10.9. The molecule has 1 atom stereocenters. The molecule has 1 aromatic heterocycles. The summed E-state index contributed by atoms with van der Waals surface area (Å²) >= 11 is 12.3. The van der Waals surface area contributed by atoms with Gasteiger partial charge in [-0.1, -0.05) is 53.6 Å². The molecule has 2 aliphatic rings. The molecule has 30 heavy (non-hydrogen) atoms. The molecule has 4 nitrogen and oxygen atoms in total. The maximum atomic E-state index is 12.5. The molecule has 0 saturated heterocycles. The van der Waals surface area contributed by atoms with Crippen LogP contribution in [0.15, 0.2) is 59.4 Å². The number of halogens is 2. The van der Waals surface area contributed by atoms with E-state index in [1.54, 1.807) is 18.2 Å². The predicted octanol–water partition coefficient (Wildman–Crippen LogP) is 5.57. The van der Waals surface area contributed by atoms with Crippen molar-refractivity contribution in [2.75, 3.05) is 13.1 Å². The average Bonchev–Trinajstić information content (AvgIpc) is 3.25. The molecule has 0 fully saturated rings. The molecule has 1 aliphatic heterocycles. The van der Waals surface area contributed by atoms with E-state index >= 15 is 0 Å². The fourth-order valence-corrected chi connectivity index (χ4v) is 4.72. The van der Waals surface area contributed by atoms with Gasteiger partial charge in [0.15, 0.2) is 0 Å². The van der Waals surface area contributed by atoms with Gasteiger partial charge >= 0.3 is 0 Å². The molecule has 5 rings (SSSR count). The van der Waals surface area contributed by atoms with Crippen LogP contribution in [0, 0.1) is 0 Å². The lowest BCUT2D eigenvalue weighted by Crippen LogP contribution is -2.36. The van der Waals surface area contributed by atoms with E-state index in [9.17, 15) is 4.79 Å². The molecule has 152 valence electrons. The van der Waals surface area contributed by atoms with Gasteiger partial charge in [-0.05, 0) is 60.2 Å². The van der Waals surface area contributed by atoms with Gasteiger partial charge < -0.3 is 4.98 Å². The monoisotopic (exact) mass is 437 g/mol. The van der Waals surface area contributed by atoms with Gasteiger partial charge in [0.2, 0.25) is 0 Å². The highest BCUT2D eigenvalue weighted by Gasteiger charge is 2.26. The second kappa shape index (κ2) is 8.03. The summed E-state index contributed by atoms with van der Waals surface area (Å²) in [6.45, 7) is 1.93. The Balaban J connectivity index is 1.36. The predicted molar refractivity (Wildman–Crippen MR) is 124 cm³/mol. The summed E-state index contributed by atoms with van der Waals surface area (Å²) in [4.78, 5) is 22.6. The van der Waals surface area contributed by atoms with Crippen LogP contribution in [0.1, 0.15) is 30.7 Å². The first kappa shape index (κ1) is 19.6. The minimum atomic E-state index is -0.143. The lowest BCUT2D eigenvalue weighted by Gasteiger charge is -2.30. The van der Waals surface area contributed by atoms with Gasteiger partial charge in [-0.15, -0.1) is 0 Å². The van der Waals surface area contributed by atoms with Crippen molar-refractivity contribution >= 4 is 45.3 Å². The number of para-hydroxylation sites is 1. The van der Waals surface area contributed by atoms with Crippen molar-refractivity contribution in [2.45, 2.75) is 25.3 Å². The van der Waals surface area contributed by atoms with Crippen LogP contribution < -0.4 is 5.56 Å². The fraction of sp³-hybridized carbons (Fsp3) is 0.250. The quantitative estimate of drug-likeness (QED) is 0.582. The van der Waals surface area contributed by atoms with E-state index < -0.39 is 0 Å². The van der Waals surface area contributed by atoms with Crippen LogP contribution in [0.5, 0.6) is 0 Å². The minimum Gasteiger partial charge on any atom is -0.306 e. The van der Waals surface area contributed by atoms with Crippen LogP contribution in [0.4, 0.5) is 0 Å². The van der Waals surface area contributed by atoms with E-state index in [2.05, 4.69) is 39.2 Å². The molecule has 3 aromatic rings. The summed E-state index contributed by atoms with van der Waals surface area (Å²) in [6.07, 6.45) is 7.51. The molecular formula is C24H21Cl2N3O. The molecule has 1 unspecified atom stereocenters. The second-order valence-corrected chi connectivity index (χ2v) is 8.67. The van der Waals surface area contributed by atoms with Gasteiger partial charge in [-0.25, -0.2) is 4.98 Å². The van der Waals surface area contributed by atoms with Gasteiger partial charge in [0.25, 0.3) is 5.56 Å². The zero-order valence-electron chi connectivity index (χ0n) is 16.4. The number of allylic oxidation sites excluding steroid dienone is 1. The zero-order chi connectivity index (χ0) is 20.7. The van der Waals surface area contributed by atoms with Gasteiger partial charge in [0, 0.05) is 24.2 Å². The van der Waals surface area contributed by atoms with Gasteiger partial charge in [0.1, 0.15) is 5.82 Å². The number of rotatable bonds is 3. The van der Waals surface area contributed by atoms with Crippen molar-refractivity contribution in [1.82, 2.24) is 14.9 Å². The zero-order valence-corrected chi connectivity index (χ0v) is 17.9. The second-order valence-electron chi connectivity index (χ2n) is 7.83. The molecule has 0 amide bonds. The van der Waals surface area contributed by atoms with Crippen molar-refractivity contribution in [1.29, 1.82) is 0 Å². The number of hydrogen-bond acceptors (Lipinski definition) is 3. The Morgan fingerprint density at radius 3 is 2.63 bits per heavy atom. The number of nitrogens with one attached hydrogen (secondary N) is 1. The molecule has 1 N–H and O–H groups in total. The normalized spacial score (nSPS) is 19.7. The maximum Gasteiger partial charge on any atom is 0.259 e. The third kappa shape index (κ3) is 3.71. The van der Waals surface area contributed by atoms with Crippen LogP contribution in [0.25, 0.3) is 22.0 Å². The molecule has 0 spiro atoms. The lowest BCUT2D eigenvalue weighted by atomic mass is 9.98. The first-order valence-electron chi connectivity index (χ1n) is 10.2. The van der Waals surface area contributed by atoms with E-state index in [1.165, 1.54) is 11.1 Å². The smallest absolute Gasteiger partial charge is 0.259 e. The Morgan fingerprint density at radius 2 is 1.87 bits per heavy atom. The van der Waals surface area contributed by atoms with Crippen LogP contribution in [-0.4, -0.2) is 34.0 Å². The molecule has 2 aromatic carbocycles. The third-order valence-electron chi connectivity index (χ3n) is 6.02. The van der Waals surface area contributed by atoms with Crippen LogP contribution in [0.2, 0.25) is 10.0 Å². The van der Waals surface area contributed by atoms with Crippen molar-refractivity contribution < 1.29 is 0 Å². The highest BCUT2D eigenvalue weighted by molar-refractivity contribution is 6.35. The molecule has 0 saturated carbocycles. The molecule has 2 heterocycles. The van der Waals surface area contributed by atoms with Crippen LogP contribution in [-0.2, 0) is 0 Å². The van der Waals surface area contributed by atoms with Gasteiger partial charge in [-0.3, -0.25) is 9.69 Å². The summed E-state index contributed by atoms with van der Waals surface area (Å²) in [5, 5.41) is 1.80. The Morgan fingerprint density at radius 1 is 1.03 bits per heavy atom. The SMILES string of the molecule is O=c1[nH]c(C2=CC(N3CC=C(c4ccc(Cl)cc4)CC3)CC2)nc2c(Cl)cccc12. The van der Waals surface area contributed by atoms with Crippen molar-refractivity contribution in [3.8, 4) is 0 Å². The van der Waals surface area contributed by atoms with E-state index in [-0.39, 0.29) is 5.56 Å². The Bertz CT molecular complexity index is 1230. The number of benzene rings is 2. The van der Waals surface area contributed by atoms with Crippen molar-refractivity contribution in [2.24, 2.45) is 0 Å². The first-order chi connectivity index (χ1) is 14.6. The number of aromatic amines is 1. The number of H-pyrrole nitrogens is 1. The molecule has 0 bridgehead atoms. The van der Waals surface area contributed by atoms with Crippen molar-refractivity contribution in [3.63, 3.8) is 0 Å². The van der Waals surface area contributed by atoms with E-state index in [1.807, 2.05) is 12.1 Å². The van der Waals surface area contributed by atoms with Gasteiger partial charge in [0.05, 0.1) is 15.9 Å². The van der Waals surface area contributed by atoms with E-state index in [4.69, 9.17) is 23.2 Å². The highest BCUT2D eigenvalue weighted by atomic mass is 35.5. The number of aromatic nitrogens is 2. The lowest BCUT2D eigenvalue weighted by molar-refractivity contribution is 0.250. The number of hydrogen-bond donors (Lipinski definition) is 1. The Kier molecular flexibility index (Phi) is 5.23. The van der Waals surface area contributed by atoms with Gasteiger partial charge in [-0.2, -0.15) is 0 Å². The Hall–Kier alpha value is -2.40. The van der Waals surface area contributed by atoms with Crippen LogP contribution >= 0.6 is 23.2 Å². The minimum absolute atomic E-state index is 0.143. The molecule has 1 aliphatic carbocycles. The van der Waals surface area contributed by atoms with E-state index in [0.717, 1.165) is 42.9 Å². The number of nitrogens with zero attached hydrogens (tertiary/aromatic N) is 2.